The number of hydrogen-bond acceptors (Lipinski definition) is 3. The molecule has 2 aromatic rings. The zero-order valence-corrected chi connectivity index (χ0v) is 15.4. The zero-order valence-electron chi connectivity index (χ0n) is 14.6. The Morgan fingerprint density at radius 2 is 1.69 bits per heavy atom. The van der Waals surface area contributed by atoms with Crippen LogP contribution in [0.3, 0.4) is 0 Å². The monoisotopic (exact) mass is 372 g/mol. The first kappa shape index (κ1) is 17.5. The van der Waals surface area contributed by atoms with Crippen molar-refractivity contribution in [1.29, 1.82) is 0 Å². The van der Waals surface area contributed by atoms with Crippen LogP contribution in [-0.2, 0) is 6.42 Å². The molecule has 1 saturated heterocycles. The van der Waals surface area contributed by atoms with Crippen LogP contribution < -0.4 is 0 Å². The number of rotatable bonds is 4. The average molecular weight is 372 g/mol. The van der Waals surface area contributed by atoms with Crippen LogP contribution >= 0.6 is 11.9 Å². The van der Waals surface area contributed by atoms with Gasteiger partial charge in [0.15, 0.2) is 0 Å². The normalized spacial score (nSPS) is 20.0. The predicted molar refractivity (Wildman–Crippen MR) is 104 cm³/mol. The van der Waals surface area contributed by atoms with Crippen molar-refractivity contribution < 1.29 is 8.78 Å². The average Bonchev–Trinajstić information content (AvgIpc) is 2.69. The summed E-state index contributed by atoms with van der Waals surface area (Å²) in [4.78, 5) is 2.43. The van der Waals surface area contributed by atoms with E-state index in [1.165, 1.54) is 35.5 Å². The number of hydrogen-bond donors (Lipinski definition) is 0. The Kier molecular flexibility index (Phi) is 5.25. The first-order chi connectivity index (χ1) is 12.7. The molecule has 26 heavy (non-hydrogen) atoms. The van der Waals surface area contributed by atoms with Gasteiger partial charge < -0.3 is 4.90 Å². The molecule has 0 amide bonds. The summed E-state index contributed by atoms with van der Waals surface area (Å²) in [7, 11) is 0. The lowest BCUT2D eigenvalue weighted by molar-refractivity contribution is 0.151. The van der Waals surface area contributed by atoms with Gasteiger partial charge >= 0.3 is 0 Å². The van der Waals surface area contributed by atoms with E-state index in [9.17, 15) is 8.78 Å². The van der Waals surface area contributed by atoms with Gasteiger partial charge in [-0.05, 0) is 47.9 Å². The highest BCUT2D eigenvalue weighted by atomic mass is 32.2. The number of halogens is 2. The highest BCUT2D eigenvalue weighted by Crippen LogP contribution is 2.32. The molecule has 4 rings (SSSR count). The molecule has 2 nitrogen and oxygen atoms in total. The summed E-state index contributed by atoms with van der Waals surface area (Å²) in [5.74, 6) is 2.72. The van der Waals surface area contributed by atoms with E-state index in [0.29, 0.717) is 5.92 Å². The summed E-state index contributed by atoms with van der Waals surface area (Å²) in [5, 5.41) is 0. The molecule has 2 aromatic carbocycles. The maximum Gasteiger partial charge on any atom is 0.263 e. The summed E-state index contributed by atoms with van der Waals surface area (Å²) in [6.07, 6.45) is 0.730. The summed E-state index contributed by atoms with van der Waals surface area (Å²) in [5.41, 5.74) is 3.66. The Bertz CT molecular complexity index is 772. The second-order valence-corrected chi connectivity index (χ2v) is 7.77. The van der Waals surface area contributed by atoms with Crippen LogP contribution in [0.4, 0.5) is 8.78 Å². The predicted octanol–water partition coefficient (Wildman–Crippen LogP) is 5.45. The minimum atomic E-state index is -2.40. The molecular weight excluding hydrogens is 350 g/mol. The highest BCUT2D eigenvalue weighted by Gasteiger charge is 2.29. The van der Waals surface area contributed by atoms with E-state index in [1.807, 2.05) is 0 Å². The van der Waals surface area contributed by atoms with Crippen molar-refractivity contribution in [3.8, 4) is 0 Å². The number of benzene rings is 2. The summed E-state index contributed by atoms with van der Waals surface area (Å²) in [6, 6.07) is 15.4. The Hall–Kier alpha value is -1.88. The van der Waals surface area contributed by atoms with Crippen molar-refractivity contribution in [2.24, 2.45) is 4.40 Å². The van der Waals surface area contributed by atoms with Gasteiger partial charge in [-0.15, -0.1) is 0 Å². The van der Waals surface area contributed by atoms with Crippen LogP contribution in [0.25, 0.3) is 0 Å². The van der Waals surface area contributed by atoms with Gasteiger partial charge in [0.2, 0.25) is 0 Å². The molecule has 0 aromatic heterocycles. The van der Waals surface area contributed by atoms with Gasteiger partial charge in [0, 0.05) is 30.3 Å². The molecule has 1 atom stereocenters. The molecule has 0 spiro atoms. The molecule has 1 fully saturated rings. The van der Waals surface area contributed by atoms with Crippen molar-refractivity contribution in [2.45, 2.75) is 31.6 Å². The Labute approximate surface area is 157 Å². The lowest BCUT2D eigenvalue weighted by atomic mass is 9.88. The van der Waals surface area contributed by atoms with E-state index in [4.69, 9.17) is 4.40 Å². The van der Waals surface area contributed by atoms with Crippen LogP contribution in [0.1, 0.15) is 47.4 Å². The van der Waals surface area contributed by atoms with Crippen molar-refractivity contribution in [3.05, 3.63) is 70.8 Å². The van der Waals surface area contributed by atoms with Gasteiger partial charge in [-0.25, -0.2) is 13.2 Å². The van der Waals surface area contributed by atoms with Gasteiger partial charge in [0.05, 0.1) is 0 Å². The number of piperidine rings is 1. The van der Waals surface area contributed by atoms with E-state index in [2.05, 4.69) is 29.2 Å². The topological polar surface area (TPSA) is 15.6 Å². The second-order valence-electron chi connectivity index (χ2n) is 6.93. The van der Waals surface area contributed by atoms with E-state index < -0.39 is 6.43 Å². The number of alkyl halides is 2. The minimum Gasteiger partial charge on any atom is -0.358 e. The van der Waals surface area contributed by atoms with Crippen LogP contribution in [0.15, 0.2) is 52.9 Å². The largest absolute Gasteiger partial charge is 0.358 e. The first-order valence-corrected chi connectivity index (χ1v) is 10.1. The second kappa shape index (κ2) is 7.78. The van der Waals surface area contributed by atoms with E-state index >= 15 is 0 Å². The van der Waals surface area contributed by atoms with Crippen LogP contribution in [0.2, 0.25) is 0 Å². The minimum absolute atomic E-state index is 0.0806. The van der Waals surface area contributed by atoms with Gasteiger partial charge in [0.1, 0.15) is 5.84 Å². The molecule has 0 saturated carbocycles. The Morgan fingerprint density at radius 3 is 2.38 bits per heavy atom. The molecule has 0 radical (unpaired) electrons. The quantitative estimate of drug-likeness (QED) is 0.663. The third-order valence-corrected chi connectivity index (χ3v) is 5.87. The lowest BCUT2D eigenvalue weighted by Crippen LogP contribution is -2.42. The molecule has 0 bridgehead atoms. The number of nitrogens with zero attached hydrogens (tertiary/aromatic N) is 2. The summed E-state index contributed by atoms with van der Waals surface area (Å²) < 4.78 is 30.0. The molecule has 2 heterocycles. The molecule has 0 aliphatic carbocycles. The molecular formula is C21H22F2N2S. The molecule has 136 valence electrons. The molecule has 2 aliphatic rings. The summed E-state index contributed by atoms with van der Waals surface area (Å²) >= 11 is 1.68. The van der Waals surface area contributed by atoms with Crippen LogP contribution in [0.5, 0.6) is 0 Å². The molecule has 0 N–H and O–H groups in total. The van der Waals surface area contributed by atoms with E-state index in [-0.39, 0.29) is 5.56 Å². The van der Waals surface area contributed by atoms with Crippen molar-refractivity contribution >= 4 is 17.8 Å². The zero-order chi connectivity index (χ0) is 17.9. The fourth-order valence-electron chi connectivity index (χ4n) is 3.76. The number of fused-ring (bicyclic) bond motifs is 1. The van der Waals surface area contributed by atoms with Crippen molar-refractivity contribution in [3.63, 3.8) is 0 Å². The van der Waals surface area contributed by atoms with Gasteiger partial charge in [-0.1, -0.05) is 48.5 Å². The van der Waals surface area contributed by atoms with E-state index in [1.54, 1.807) is 24.1 Å². The first-order valence-electron chi connectivity index (χ1n) is 9.11. The van der Waals surface area contributed by atoms with Crippen LogP contribution in [0, 0.1) is 0 Å². The van der Waals surface area contributed by atoms with E-state index in [0.717, 1.165) is 37.2 Å². The van der Waals surface area contributed by atoms with Crippen LogP contribution in [-0.4, -0.2) is 29.6 Å². The Morgan fingerprint density at radius 1 is 1.00 bits per heavy atom. The summed E-state index contributed by atoms with van der Waals surface area (Å²) in [6.45, 7) is 2.23. The van der Waals surface area contributed by atoms with Gasteiger partial charge in [0.25, 0.3) is 6.43 Å². The van der Waals surface area contributed by atoms with Gasteiger partial charge in [-0.2, -0.15) is 0 Å². The van der Waals surface area contributed by atoms with Crippen molar-refractivity contribution in [2.75, 3.05) is 18.8 Å². The number of amidine groups is 1. The fourth-order valence-corrected chi connectivity index (χ4v) is 4.53. The maximum atomic E-state index is 12.7. The third kappa shape index (κ3) is 3.78. The standard InChI is InChI=1S/C21H22F2N2S/c22-20(23)18-9-5-16(6-10-18)14-15-3-7-17(8-4-15)19-2-1-11-25-12-13-26-24-21(19)25/h3-10,19-20H,1-2,11-14H2. The maximum absolute atomic E-state index is 12.7. The fraction of sp³-hybridized carbons (Fsp3) is 0.381. The SMILES string of the molecule is FC(F)c1ccc(Cc2ccc(C3CCCN4CCSN=C34)cc2)cc1. The highest BCUT2D eigenvalue weighted by molar-refractivity contribution is 7.98. The molecule has 1 unspecified atom stereocenters. The smallest absolute Gasteiger partial charge is 0.263 e. The Balaban J connectivity index is 1.47. The lowest BCUT2D eigenvalue weighted by Gasteiger charge is -2.37. The third-order valence-electron chi connectivity index (χ3n) is 5.19. The molecule has 2 aliphatic heterocycles. The van der Waals surface area contributed by atoms with Crippen molar-refractivity contribution in [1.82, 2.24) is 4.90 Å². The molecule has 5 heteroatoms. The van der Waals surface area contributed by atoms with Gasteiger partial charge in [-0.3, -0.25) is 0 Å².